The van der Waals surface area contributed by atoms with E-state index in [0.29, 0.717) is 5.82 Å². The molecule has 0 atom stereocenters. The van der Waals surface area contributed by atoms with Crippen LogP contribution in [0.15, 0.2) is 24.3 Å². The predicted molar refractivity (Wildman–Crippen MR) is 81.4 cm³/mol. The lowest BCUT2D eigenvalue weighted by Gasteiger charge is -2.10. The summed E-state index contributed by atoms with van der Waals surface area (Å²) in [5.41, 5.74) is 0.859. The largest absolute Gasteiger partial charge is 0.491 e. The highest BCUT2D eigenvalue weighted by Gasteiger charge is 2.10. The van der Waals surface area contributed by atoms with Gasteiger partial charge in [0.1, 0.15) is 11.6 Å². The van der Waals surface area contributed by atoms with Gasteiger partial charge in [-0.2, -0.15) is 0 Å². The summed E-state index contributed by atoms with van der Waals surface area (Å²) in [6.07, 6.45) is 0.299. The molecule has 1 aromatic carbocycles. The molecule has 0 spiro atoms. The number of nitrogens with zero attached hydrogens (tertiary/aromatic N) is 3. The number of hydrogen-bond acceptors (Lipinski definition) is 5. The summed E-state index contributed by atoms with van der Waals surface area (Å²) in [4.78, 5) is 11.9. The van der Waals surface area contributed by atoms with E-state index in [1.165, 1.54) is 0 Å². The maximum absolute atomic E-state index is 11.9. The van der Waals surface area contributed by atoms with Crippen molar-refractivity contribution >= 4 is 5.97 Å². The van der Waals surface area contributed by atoms with Crippen molar-refractivity contribution in [2.45, 2.75) is 39.9 Å². The number of carbonyl (C=O) groups excluding carboxylic acids is 1. The third kappa shape index (κ3) is 4.31. The third-order valence-corrected chi connectivity index (χ3v) is 3.16. The van der Waals surface area contributed by atoms with E-state index in [2.05, 4.69) is 10.2 Å². The van der Waals surface area contributed by atoms with Gasteiger partial charge in [-0.05, 0) is 38.5 Å². The molecule has 0 saturated carbocycles. The van der Waals surface area contributed by atoms with Crippen LogP contribution in [0.5, 0.6) is 5.75 Å². The molecule has 0 saturated heterocycles. The fourth-order valence-corrected chi connectivity index (χ4v) is 1.94. The molecular formula is C16H21N3O3. The van der Waals surface area contributed by atoms with Gasteiger partial charge >= 0.3 is 5.97 Å². The second-order valence-corrected chi connectivity index (χ2v) is 5.37. The molecule has 0 aliphatic rings. The van der Waals surface area contributed by atoms with Crippen LogP contribution in [0.4, 0.5) is 0 Å². The van der Waals surface area contributed by atoms with Crippen molar-refractivity contribution in [1.82, 2.24) is 14.8 Å². The molecule has 22 heavy (non-hydrogen) atoms. The Morgan fingerprint density at radius 3 is 2.73 bits per heavy atom. The van der Waals surface area contributed by atoms with Crippen LogP contribution in [0.2, 0.25) is 0 Å². The van der Waals surface area contributed by atoms with E-state index in [1.807, 2.05) is 52.1 Å². The molecule has 2 aromatic rings. The lowest BCUT2D eigenvalue weighted by atomic mass is 10.1. The van der Waals surface area contributed by atoms with Crippen LogP contribution in [0.3, 0.4) is 0 Å². The first-order valence-electron chi connectivity index (χ1n) is 7.22. The van der Waals surface area contributed by atoms with Gasteiger partial charge in [-0.15, -0.1) is 10.2 Å². The lowest BCUT2D eigenvalue weighted by molar-refractivity contribution is -0.144. The minimum absolute atomic E-state index is 0.0985. The Labute approximate surface area is 130 Å². The van der Waals surface area contributed by atoms with Gasteiger partial charge in [0.15, 0.2) is 12.4 Å². The van der Waals surface area contributed by atoms with Crippen LogP contribution < -0.4 is 4.74 Å². The summed E-state index contributed by atoms with van der Waals surface area (Å²) in [5.74, 6) is 1.86. The van der Waals surface area contributed by atoms with Crippen molar-refractivity contribution in [1.29, 1.82) is 0 Å². The van der Waals surface area contributed by atoms with Crippen LogP contribution in [0, 0.1) is 6.92 Å². The summed E-state index contributed by atoms with van der Waals surface area (Å²) in [5, 5.41) is 7.88. The summed E-state index contributed by atoms with van der Waals surface area (Å²) in [6, 6.07) is 7.47. The Hall–Kier alpha value is -2.37. The second-order valence-electron chi connectivity index (χ2n) is 5.37. The standard InChI is InChI=1S/C16H21N3O3/c1-11(2)22-14-7-5-6-13(8-14)9-16(20)21-10-15-18-17-12(3)19(15)4/h5-8,11H,9-10H2,1-4H3. The SMILES string of the molecule is Cc1nnc(COC(=O)Cc2cccc(OC(C)C)c2)n1C. The molecule has 0 radical (unpaired) electrons. The van der Waals surface area contributed by atoms with Gasteiger partial charge < -0.3 is 14.0 Å². The third-order valence-electron chi connectivity index (χ3n) is 3.16. The average Bonchev–Trinajstić information content (AvgIpc) is 2.76. The zero-order valence-corrected chi connectivity index (χ0v) is 13.4. The van der Waals surface area contributed by atoms with E-state index in [4.69, 9.17) is 9.47 Å². The number of hydrogen-bond donors (Lipinski definition) is 0. The normalized spacial score (nSPS) is 10.8. The maximum Gasteiger partial charge on any atom is 0.310 e. The Bertz CT molecular complexity index is 650. The van der Waals surface area contributed by atoms with Gasteiger partial charge in [0, 0.05) is 7.05 Å². The van der Waals surface area contributed by atoms with E-state index in [-0.39, 0.29) is 25.1 Å². The number of rotatable bonds is 6. The zero-order chi connectivity index (χ0) is 16.1. The van der Waals surface area contributed by atoms with Gasteiger partial charge in [-0.25, -0.2) is 0 Å². The highest BCUT2D eigenvalue weighted by molar-refractivity contribution is 5.72. The number of benzene rings is 1. The molecule has 0 fully saturated rings. The number of esters is 1. The van der Waals surface area contributed by atoms with E-state index >= 15 is 0 Å². The summed E-state index contributed by atoms with van der Waals surface area (Å²) >= 11 is 0. The molecule has 0 unspecified atom stereocenters. The monoisotopic (exact) mass is 303 g/mol. The van der Waals surface area contributed by atoms with Crippen LogP contribution in [0.25, 0.3) is 0 Å². The van der Waals surface area contributed by atoms with Crippen molar-refractivity contribution in [3.05, 3.63) is 41.5 Å². The quantitative estimate of drug-likeness (QED) is 0.765. The fourth-order valence-electron chi connectivity index (χ4n) is 1.94. The minimum Gasteiger partial charge on any atom is -0.491 e. The van der Waals surface area contributed by atoms with Crippen molar-refractivity contribution in [3.63, 3.8) is 0 Å². The van der Waals surface area contributed by atoms with Gasteiger partial charge in [0.2, 0.25) is 0 Å². The highest BCUT2D eigenvalue weighted by atomic mass is 16.5. The first-order chi connectivity index (χ1) is 10.5. The van der Waals surface area contributed by atoms with Gasteiger partial charge in [0.05, 0.1) is 12.5 Å². The first kappa shape index (κ1) is 16.0. The van der Waals surface area contributed by atoms with Crippen molar-refractivity contribution in [3.8, 4) is 5.75 Å². The minimum atomic E-state index is -0.303. The smallest absolute Gasteiger partial charge is 0.310 e. The van der Waals surface area contributed by atoms with Gasteiger partial charge in [0.25, 0.3) is 0 Å². The molecule has 0 aliphatic carbocycles. The van der Waals surface area contributed by atoms with E-state index < -0.39 is 0 Å². The van der Waals surface area contributed by atoms with E-state index in [9.17, 15) is 4.79 Å². The number of aryl methyl sites for hydroxylation is 1. The Balaban J connectivity index is 1.90. The second kappa shape index (κ2) is 7.06. The van der Waals surface area contributed by atoms with Gasteiger partial charge in [-0.3, -0.25) is 4.79 Å². The molecule has 2 rings (SSSR count). The molecule has 118 valence electrons. The van der Waals surface area contributed by atoms with Crippen LogP contribution >= 0.6 is 0 Å². The zero-order valence-electron chi connectivity index (χ0n) is 13.4. The van der Waals surface area contributed by atoms with Crippen LogP contribution in [-0.2, 0) is 29.6 Å². The molecule has 6 heteroatoms. The molecule has 1 aromatic heterocycles. The molecule has 1 heterocycles. The Kier molecular flexibility index (Phi) is 5.14. The molecule has 0 N–H and O–H groups in total. The number of aromatic nitrogens is 3. The summed E-state index contributed by atoms with van der Waals surface area (Å²) in [6.45, 7) is 5.89. The molecule has 6 nitrogen and oxygen atoms in total. The Morgan fingerprint density at radius 2 is 2.09 bits per heavy atom. The van der Waals surface area contributed by atoms with Gasteiger partial charge in [-0.1, -0.05) is 12.1 Å². The number of carbonyl (C=O) groups is 1. The van der Waals surface area contributed by atoms with E-state index in [0.717, 1.165) is 17.1 Å². The average molecular weight is 303 g/mol. The summed E-state index contributed by atoms with van der Waals surface area (Å²) < 4.78 is 12.7. The first-order valence-corrected chi connectivity index (χ1v) is 7.22. The van der Waals surface area contributed by atoms with Crippen LogP contribution in [0.1, 0.15) is 31.1 Å². The fraction of sp³-hybridized carbons (Fsp3) is 0.438. The topological polar surface area (TPSA) is 66.2 Å². The molecule has 0 bridgehead atoms. The molecular weight excluding hydrogens is 282 g/mol. The Morgan fingerprint density at radius 1 is 1.32 bits per heavy atom. The van der Waals surface area contributed by atoms with E-state index in [1.54, 1.807) is 4.57 Å². The lowest BCUT2D eigenvalue weighted by Crippen LogP contribution is -2.11. The highest BCUT2D eigenvalue weighted by Crippen LogP contribution is 2.15. The predicted octanol–water partition coefficient (Wildman–Crippen LogP) is 2.20. The molecule has 0 amide bonds. The van der Waals surface area contributed by atoms with Crippen molar-refractivity contribution in [2.75, 3.05) is 0 Å². The maximum atomic E-state index is 11.9. The van der Waals surface area contributed by atoms with Crippen molar-refractivity contribution in [2.24, 2.45) is 7.05 Å². The van der Waals surface area contributed by atoms with Crippen LogP contribution in [-0.4, -0.2) is 26.8 Å². The number of ether oxygens (including phenoxy) is 2. The molecule has 0 aliphatic heterocycles. The van der Waals surface area contributed by atoms with Crippen molar-refractivity contribution < 1.29 is 14.3 Å². The summed E-state index contributed by atoms with van der Waals surface area (Å²) in [7, 11) is 1.84.